The average molecular weight is 286 g/mol. The molecule has 2 fully saturated rings. The van der Waals surface area contributed by atoms with Crippen LogP contribution in [-0.2, 0) is 6.42 Å². The van der Waals surface area contributed by atoms with Crippen molar-refractivity contribution in [1.29, 1.82) is 0 Å². The molecule has 0 saturated heterocycles. The minimum Gasteiger partial charge on any atom is -0.508 e. The molecule has 0 spiro atoms. The summed E-state index contributed by atoms with van der Waals surface area (Å²) in [4.78, 5) is 0. The number of phenolic OH excluding ortho intramolecular Hbond substituents is 1. The van der Waals surface area contributed by atoms with E-state index in [2.05, 4.69) is 19.9 Å². The number of rotatable bonds is 0. The van der Waals surface area contributed by atoms with Crippen LogP contribution >= 0.6 is 0 Å². The fourth-order valence-corrected chi connectivity index (χ4v) is 6.10. The highest BCUT2D eigenvalue weighted by Gasteiger charge is 2.56. The van der Waals surface area contributed by atoms with E-state index >= 15 is 0 Å². The average Bonchev–Trinajstić information content (AvgIpc) is 2.74. The summed E-state index contributed by atoms with van der Waals surface area (Å²) in [6, 6.07) is 5.98. The van der Waals surface area contributed by atoms with E-state index in [1.165, 1.54) is 24.0 Å². The zero-order valence-electron chi connectivity index (χ0n) is 13.0. The third kappa shape index (κ3) is 1.81. The van der Waals surface area contributed by atoms with E-state index in [0.717, 1.165) is 19.3 Å². The van der Waals surface area contributed by atoms with E-state index in [1.807, 2.05) is 12.1 Å². The highest BCUT2D eigenvalue weighted by atomic mass is 16.3. The van der Waals surface area contributed by atoms with E-state index in [4.69, 9.17) is 0 Å². The Kier molecular flexibility index (Phi) is 2.91. The number of benzene rings is 1. The van der Waals surface area contributed by atoms with Gasteiger partial charge in [0.25, 0.3) is 0 Å². The first kappa shape index (κ1) is 13.6. The summed E-state index contributed by atoms with van der Waals surface area (Å²) in [6.45, 7) is 4.69. The molecule has 2 N–H and O–H groups in total. The van der Waals surface area contributed by atoms with Gasteiger partial charge in [0, 0.05) is 0 Å². The van der Waals surface area contributed by atoms with Crippen molar-refractivity contribution in [2.45, 2.75) is 58.0 Å². The zero-order valence-corrected chi connectivity index (χ0v) is 13.0. The molecule has 0 aliphatic heterocycles. The van der Waals surface area contributed by atoms with Crippen molar-refractivity contribution in [3.05, 3.63) is 29.3 Å². The third-order valence-corrected chi connectivity index (χ3v) is 6.95. The number of hydrogen-bond donors (Lipinski definition) is 2. The van der Waals surface area contributed by atoms with Gasteiger partial charge >= 0.3 is 0 Å². The predicted molar refractivity (Wildman–Crippen MR) is 83.3 cm³/mol. The monoisotopic (exact) mass is 286 g/mol. The molecule has 6 atom stereocenters. The maximum Gasteiger partial charge on any atom is 0.115 e. The SMILES string of the molecule is C[C@@H]1C[C@]2(C)[C@H](CC[C@@H]2O)[C@@H]2CCc3cc(O)ccc3[C@H]21. The molecule has 0 aromatic heterocycles. The van der Waals surface area contributed by atoms with Gasteiger partial charge in [-0.05, 0) is 84.5 Å². The smallest absolute Gasteiger partial charge is 0.115 e. The van der Waals surface area contributed by atoms with Crippen LogP contribution in [-0.4, -0.2) is 16.3 Å². The molecule has 3 aliphatic rings. The number of phenols is 1. The molecule has 0 radical (unpaired) electrons. The van der Waals surface area contributed by atoms with Gasteiger partial charge < -0.3 is 10.2 Å². The molecule has 114 valence electrons. The lowest BCUT2D eigenvalue weighted by Crippen LogP contribution is -2.47. The van der Waals surface area contributed by atoms with Crippen LogP contribution in [0.1, 0.15) is 56.6 Å². The summed E-state index contributed by atoms with van der Waals surface area (Å²) in [7, 11) is 0. The Labute approximate surface area is 127 Å². The standard InChI is InChI=1S/C19H26O2/c1-11-10-19(2)16(7-8-17(19)21)15-5-3-12-9-13(20)4-6-14(12)18(11)15/h4,6,9,11,15-18,20-21H,3,5,7-8,10H2,1-2H3/t11-,15+,16-,17+,18-,19-/m1/s1. The van der Waals surface area contributed by atoms with Crippen LogP contribution in [0.4, 0.5) is 0 Å². The minimum absolute atomic E-state index is 0.105. The van der Waals surface area contributed by atoms with Gasteiger partial charge in [0.2, 0.25) is 0 Å². The Balaban J connectivity index is 1.76. The molecule has 0 amide bonds. The second kappa shape index (κ2) is 4.49. The van der Waals surface area contributed by atoms with E-state index in [9.17, 15) is 10.2 Å². The molecule has 0 unspecified atom stereocenters. The van der Waals surface area contributed by atoms with E-state index in [-0.39, 0.29) is 11.5 Å². The van der Waals surface area contributed by atoms with Gasteiger partial charge in [0.15, 0.2) is 0 Å². The zero-order chi connectivity index (χ0) is 14.8. The van der Waals surface area contributed by atoms with Gasteiger partial charge in [-0.3, -0.25) is 0 Å². The topological polar surface area (TPSA) is 40.5 Å². The van der Waals surface area contributed by atoms with Crippen molar-refractivity contribution in [2.24, 2.45) is 23.2 Å². The summed E-state index contributed by atoms with van der Waals surface area (Å²) in [6.07, 6.45) is 5.52. The highest BCUT2D eigenvalue weighted by Crippen LogP contribution is 2.62. The second-order valence-corrected chi connectivity index (χ2v) is 8.00. The van der Waals surface area contributed by atoms with E-state index in [1.54, 1.807) is 0 Å². The lowest BCUT2D eigenvalue weighted by molar-refractivity contribution is -0.0441. The van der Waals surface area contributed by atoms with Crippen molar-refractivity contribution in [3.63, 3.8) is 0 Å². The number of aliphatic hydroxyl groups is 1. The normalized spacial score (nSPS) is 44.8. The lowest BCUT2D eigenvalue weighted by atomic mass is 9.52. The maximum absolute atomic E-state index is 10.5. The predicted octanol–water partition coefficient (Wildman–Crippen LogP) is 3.86. The third-order valence-electron chi connectivity index (χ3n) is 6.95. The molecule has 2 nitrogen and oxygen atoms in total. The Morgan fingerprint density at radius 1 is 1.19 bits per heavy atom. The minimum atomic E-state index is -0.105. The van der Waals surface area contributed by atoms with Crippen molar-refractivity contribution in [3.8, 4) is 5.75 Å². The molecule has 1 aromatic carbocycles. The fraction of sp³-hybridized carbons (Fsp3) is 0.684. The van der Waals surface area contributed by atoms with Crippen LogP contribution in [0, 0.1) is 23.2 Å². The van der Waals surface area contributed by atoms with Gasteiger partial charge in [-0.2, -0.15) is 0 Å². The Morgan fingerprint density at radius 3 is 2.81 bits per heavy atom. The van der Waals surface area contributed by atoms with Gasteiger partial charge in [-0.25, -0.2) is 0 Å². The molecular weight excluding hydrogens is 260 g/mol. The van der Waals surface area contributed by atoms with Crippen LogP contribution in [0.3, 0.4) is 0 Å². The Bertz CT molecular complexity index is 567. The number of aryl methyl sites for hydroxylation is 1. The van der Waals surface area contributed by atoms with Gasteiger partial charge in [0.1, 0.15) is 5.75 Å². The van der Waals surface area contributed by atoms with E-state index in [0.29, 0.717) is 29.4 Å². The lowest BCUT2D eigenvalue weighted by Gasteiger charge is -2.53. The maximum atomic E-state index is 10.5. The summed E-state index contributed by atoms with van der Waals surface area (Å²) in [5.74, 6) is 3.03. The summed E-state index contributed by atoms with van der Waals surface area (Å²) in [5.41, 5.74) is 2.96. The summed E-state index contributed by atoms with van der Waals surface area (Å²) in [5, 5.41) is 20.2. The molecular formula is C19H26O2. The first-order chi connectivity index (χ1) is 10.0. The van der Waals surface area contributed by atoms with Crippen molar-refractivity contribution in [1.82, 2.24) is 0 Å². The molecule has 2 heteroatoms. The van der Waals surface area contributed by atoms with Crippen molar-refractivity contribution < 1.29 is 10.2 Å². The van der Waals surface area contributed by atoms with Crippen LogP contribution in [0.5, 0.6) is 5.75 Å². The van der Waals surface area contributed by atoms with Crippen LogP contribution in [0.2, 0.25) is 0 Å². The van der Waals surface area contributed by atoms with Crippen LogP contribution < -0.4 is 0 Å². The highest BCUT2D eigenvalue weighted by molar-refractivity contribution is 5.40. The van der Waals surface area contributed by atoms with E-state index < -0.39 is 0 Å². The first-order valence-electron chi connectivity index (χ1n) is 8.50. The summed E-state index contributed by atoms with van der Waals surface area (Å²) < 4.78 is 0. The van der Waals surface area contributed by atoms with Crippen molar-refractivity contribution in [2.75, 3.05) is 0 Å². The largest absolute Gasteiger partial charge is 0.508 e. The van der Waals surface area contributed by atoms with Gasteiger partial charge in [-0.15, -0.1) is 0 Å². The molecule has 1 aromatic rings. The van der Waals surface area contributed by atoms with Gasteiger partial charge in [0.05, 0.1) is 6.10 Å². The molecule has 3 aliphatic carbocycles. The second-order valence-electron chi connectivity index (χ2n) is 8.00. The molecule has 21 heavy (non-hydrogen) atoms. The van der Waals surface area contributed by atoms with Crippen LogP contribution in [0.25, 0.3) is 0 Å². The van der Waals surface area contributed by atoms with Gasteiger partial charge in [-0.1, -0.05) is 19.9 Å². The number of fused-ring (bicyclic) bond motifs is 5. The number of aliphatic hydroxyl groups excluding tert-OH is 1. The number of aromatic hydroxyl groups is 1. The van der Waals surface area contributed by atoms with Crippen LogP contribution in [0.15, 0.2) is 18.2 Å². The number of hydrogen-bond acceptors (Lipinski definition) is 2. The molecule has 0 bridgehead atoms. The molecule has 0 heterocycles. The molecule has 2 saturated carbocycles. The quantitative estimate of drug-likeness (QED) is 0.760. The first-order valence-corrected chi connectivity index (χ1v) is 8.50. The Hall–Kier alpha value is -1.02. The Morgan fingerprint density at radius 2 is 2.00 bits per heavy atom. The fourth-order valence-electron chi connectivity index (χ4n) is 6.10. The molecule has 4 rings (SSSR count). The van der Waals surface area contributed by atoms with Crippen molar-refractivity contribution >= 4 is 0 Å². The summed E-state index contributed by atoms with van der Waals surface area (Å²) >= 11 is 0.